The van der Waals surface area contributed by atoms with Crippen LogP contribution in [0.5, 0.6) is 0 Å². The van der Waals surface area contributed by atoms with Crippen LogP contribution in [-0.4, -0.2) is 12.5 Å². The van der Waals surface area contributed by atoms with Crippen LogP contribution in [0.2, 0.25) is 0 Å². The number of carbonyl (C=O) groups excluding carboxylic acids is 1. The zero-order valence-corrected chi connectivity index (χ0v) is 11.4. The van der Waals surface area contributed by atoms with Crippen LogP contribution in [0.4, 0.5) is 11.4 Å². The summed E-state index contributed by atoms with van der Waals surface area (Å²) in [6, 6.07) is 7.59. The van der Waals surface area contributed by atoms with Gasteiger partial charge in [-0.1, -0.05) is 17.9 Å². The van der Waals surface area contributed by atoms with Crippen molar-refractivity contribution in [1.82, 2.24) is 0 Å². The number of rotatable bonds is 3. The summed E-state index contributed by atoms with van der Waals surface area (Å²) < 4.78 is 0. The Morgan fingerprint density at radius 3 is 2.56 bits per heavy atom. The Morgan fingerprint density at radius 2 is 1.94 bits per heavy atom. The summed E-state index contributed by atoms with van der Waals surface area (Å²) >= 11 is 0. The maximum Gasteiger partial charge on any atom is 0.221 e. The lowest BCUT2D eigenvalue weighted by Gasteiger charge is -2.08. The van der Waals surface area contributed by atoms with Crippen molar-refractivity contribution in [2.75, 3.05) is 17.2 Å². The lowest BCUT2D eigenvalue weighted by molar-refractivity contribution is -0.114. The first kappa shape index (κ1) is 14.1. The van der Waals surface area contributed by atoms with Crippen molar-refractivity contribution in [1.29, 1.82) is 0 Å². The molecular weight excluding hydrogens is 224 g/mol. The van der Waals surface area contributed by atoms with E-state index in [2.05, 4.69) is 43.2 Å². The van der Waals surface area contributed by atoms with Crippen molar-refractivity contribution in [2.24, 2.45) is 5.41 Å². The van der Waals surface area contributed by atoms with Crippen molar-refractivity contribution < 1.29 is 4.79 Å². The van der Waals surface area contributed by atoms with Crippen LogP contribution in [0.15, 0.2) is 24.3 Å². The molecule has 0 saturated carbocycles. The lowest BCUT2D eigenvalue weighted by atomic mass is 9.98. The molecule has 0 aliphatic rings. The summed E-state index contributed by atoms with van der Waals surface area (Å²) in [7, 11) is 0. The zero-order chi connectivity index (χ0) is 13.6. The smallest absolute Gasteiger partial charge is 0.221 e. The Balaban J connectivity index is 2.57. The SMILES string of the molecule is CC(=O)Nc1cccc(NCC#CC(C)(C)C)c1. The fourth-order valence-corrected chi connectivity index (χ4v) is 1.37. The van der Waals surface area contributed by atoms with Gasteiger partial charge < -0.3 is 10.6 Å². The summed E-state index contributed by atoms with van der Waals surface area (Å²) in [4.78, 5) is 10.9. The largest absolute Gasteiger partial charge is 0.374 e. The van der Waals surface area contributed by atoms with Gasteiger partial charge in [0, 0.05) is 23.7 Å². The Labute approximate surface area is 109 Å². The third kappa shape index (κ3) is 5.95. The molecule has 3 heteroatoms. The highest BCUT2D eigenvalue weighted by Crippen LogP contribution is 2.14. The van der Waals surface area contributed by atoms with E-state index >= 15 is 0 Å². The van der Waals surface area contributed by atoms with E-state index in [1.807, 2.05) is 24.3 Å². The molecule has 0 spiro atoms. The molecule has 0 bridgehead atoms. The van der Waals surface area contributed by atoms with Gasteiger partial charge in [-0.25, -0.2) is 0 Å². The lowest BCUT2D eigenvalue weighted by Crippen LogP contribution is -2.07. The zero-order valence-electron chi connectivity index (χ0n) is 11.4. The average Bonchev–Trinajstić information content (AvgIpc) is 2.23. The Bertz CT molecular complexity index is 475. The monoisotopic (exact) mass is 244 g/mol. The third-order valence-corrected chi connectivity index (χ3v) is 2.03. The van der Waals surface area contributed by atoms with Crippen molar-refractivity contribution in [3.05, 3.63) is 24.3 Å². The second-order valence-corrected chi connectivity index (χ2v) is 5.17. The summed E-state index contributed by atoms with van der Waals surface area (Å²) in [5, 5.41) is 5.95. The molecule has 0 aromatic heterocycles. The standard InChI is InChI=1S/C15H20N2O/c1-12(18)17-14-8-5-7-13(11-14)16-10-6-9-15(2,3)4/h5,7-8,11,16H,10H2,1-4H3,(H,17,18). The highest BCUT2D eigenvalue weighted by atomic mass is 16.1. The van der Waals surface area contributed by atoms with Crippen LogP contribution >= 0.6 is 0 Å². The third-order valence-electron chi connectivity index (χ3n) is 2.03. The molecule has 0 aliphatic heterocycles. The summed E-state index contributed by atoms with van der Waals surface area (Å²) in [6.45, 7) is 8.34. The molecule has 0 saturated heterocycles. The van der Waals surface area contributed by atoms with Gasteiger partial charge >= 0.3 is 0 Å². The minimum Gasteiger partial charge on any atom is -0.374 e. The summed E-state index contributed by atoms with van der Waals surface area (Å²) in [6.07, 6.45) is 0. The number of carbonyl (C=O) groups is 1. The summed E-state index contributed by atoms with van der Waals surface area (Å²) in [5.74, 6) is 6.17. The molecule has 1 aromatic carbocycles. The fraction of sp³-hybridized carbons (Fsp3) is 0.400. The van der Waals surface area contributed by atoms with E-state index in [0.29, 0.717) is 6.54 Å². The number of anilines is 2. The molecule has 18 heavy (non-hydrogen) atoms. The molecule has 0 fully saturated rings. The highest BCUT2D eigenvalue weighted by molar-refractivity contribution is 5.89. The highest BCUT2D eigenvalue weighted by Gasteiger charge is 2.02. The van der Waals surface area contributed by atoms with Gasteiger partial charge in [0.15, 0.2) is 0 Å². The Kier molecular flexibility index (Phi) is 4.79. The van der Waals surface area contributed by atoms with Gasteiger partial charge in [0.25, 0.3) is 0 Å². The number of benzene rings is 1. The van der Waals surface area contributed by atoms with E-state index in [-0.39, 0.29) is 11.3 Å². The second kappa shape index (κ2) is 6.11. The van der Waals surface area contributed by atoms with Crippen LogP contribution in [-0.2, 0) is 4.79 Å². The molecular formula is C15H20N2O. The molecule has 96 valence electrons. The molecule has 0 aliphatic carbocycles. The van der Waals surface area contributed by atoms with Gasteiger partial charge in [-0.3, -0.25) is 4.79 Å². The minimum atomic E-state index is -0.0697. The van der Waals surface area contributed by atoms with Gasteiger partial charge in [-0.05, 0) is 39.0 Å². The van der Waals surface area contributed by atoms with Crippen LogP contribution < -0.4 is 10.6 Å². The minimum absolute atomic E-state index is 0.0275. The first-order chi connectivity index (χ1) is 8.37. The molecule has 1 amide bonds. The van der Waals surface area contributed by atoms with Gasteiger partial charge in [0.2, 0.25) is 5.91 Å². The van der Waals surface area contributed by atoms with Crippen LogP contribution in [0.1, 0.15) is 27.7 Å². The molecule has 1 rings (SSSR count). The van der Waals surface area contributed by atoms with Gasteiger partial charge in [0.05, 0.1) is 6.54 Å². The van der Waals surface area contributed by atoms with Gasteiger partial charge in [-0.15, -0.1) is 0 Å². The number of amides is 1. The van der Waals surface area contributed by atoms with E-state index in [1.54, 1.807) is 0 Å². The fourth-order valence-electron chi connectivity index (χ4n) is 1.37. The van der Waals surface area contributed by atoms with Crippen LogP contribution in [0.25, 0.3) is 0 Å². The average molecular weight is 244 g/mol. The van der Waals surface area contributed by atoms with E-state index in [9.17, 15) is 4.79 Å². The Morgan fingerprint density at radius 1 is 1.28 bits per heavy atom. The molecule has 0 unspecified atom stereocenters. The number of nitrogens with one attached hydrogen (secondary N) is 2. The van der Waals surface area contributed by atoms with E-state index < -0.39 is 0 Å². The molecule has 0 atom stereocenters. The first-order valence-corrected chi connectivity index (χ1v) is 5.98. The van der Waals surface area contributed by atoms with Gasteiger partial charge in [-0.2, -0.15) is 0 Å². The normalized spacial score (nSPS) is 10.2. The van der Waals surface area contributed by atoms with Crippen molar-refractivity contribution in [3.63, 3.8) is 0 Å². The predicted octanol–water partition coefficient (Wildman–Crippen LogP) is 3.11. The summed E-state index contributed by atoms with van der Waals surface area (Å²) in [5.41, 5.74) is 1.76. The van der Waals surface area contributed by atoms with E-state index in [1.165, 1.54) is 6.92 Å². The first-order valence-electron chi connectivity index (χ1n) is 5.98. The molecule has 3 nitrogen and oxygen atoms in total. The maximum atomic E-state index is 10.9. The number of hydrogen-bond donors (Lipinski definition) is 2. The quantitative estimate of drug-likeness (QED) is 0.802. The molecule has 0 radical (unpaired) electrons. The number of hydrogen-bond acceptors (Lipinski definition) is 2. The maximum absolute atomic E-state index is 10.9. The Hall–Kier alpha value is -1.95. The topological polar surface area (TPSA) is 41.1 Å². The molecule has 0 heterocycles. The molecule has 2 N–H and O–H groups in total. The van der Waals surface area contributed by atoms with Crippen molar-refractivity contribution >= 4 is 17.3 Å². The van der Waals surface area contributed by atoms with Crippen LogP contribution in [0.3, 0.4) is 0 Å². The second-order valence-electron chi connectivity index (χ2n) is 5.17. The van der Waals surface area contributed by atoms with Crippen molar-refractivity contribution in [2.45, 2.75) is 27.7 Å². The van der Waals surface area contributed by atoms with E-state index in [0.717, 1.165) is 11.4 Å². The van der Waals surface area contributed by atoms with Gasteiger partial charge in [0.1, 0.15) is 0 Å². The van der Waals surface area contributed by atoms with E-state index in [4.69, 9.17) is 0 Å². The van der Waals surface area contributed by atoms with Crippen molar-refractivity contribution in [3.8, 4) is 11.8 Å². The predicted molar refractivity (Wildman–Crippen MR) is 76.5 cm³/mol. The van der Waals surface area contributed by atoms with Crippen LogP contribution in [0, 0.1) is 17.3 Å². The molecule has 1 aromatic rings.